The maximum atomic E-state index is 11.3. The van der Waals surface area contributed by atoms with Crippen LogP contribution in [0.3, 0.4) is 0 Å². The second-order valence-electron chi connectivity index (χ2n) is 3.51. The van der Waals surface area contributed by atoms with Crippen molar-refractivity contribution in [1.29, 1.82) is 5.41 Å². The Labute approximate surface area is 108 Å². The third-order valence-corrected chi connectivity index (χ3v) is 2.90. The van der Waals surface area contributed by atoms with Crippen LogP contribution in [-0.4, -0.2) is 35.7 Å². The summed E-state index contributed by atoms with van der Waals surface area (Å²) in [7, 11) is -4.30. The monoisotopic (exact) mass is 286 g/mol. The van der Waals surface area contributed by atoms with Crippen LogP contribution in [0.25, 0.3) is 0 Å². The van der Waals surface area contributed by atoms with Crippen molar-refractivity contribution in [2.45, 2.75) is 11.3 Å². The van der Waals surface area contributed by atoms with Gasteiger partial charge in [-0.05, 0) is 24.3 Å². The molecule has 0 saturated heterocycles. The molecule has 0 atom stereocenters. The fourth-order valence-corrected chi connectivity index (χ4v) is 1.63. The number of hydrogen-bond acceptors (Lipinski definition) is 5. The van der Waals surface area contributed by atoms with Crippen LogP contribution >= 0.6 is 0 Å². The minimum absolute atomic E-state index is 0.218. The number of nitrogens with one attached hydrogen (secondary N) is 2. The number of hydrogen-bond donors (Lipinski definition) is 4. The smallest absolute Gasteiger partial charge is 0.350 e. The van der Waals surface area contributed by atoms with Gasteiger partial charge in [-0.1, -0.05) is 0 Å². The van der Waals surface area contributed by atoms with Crippen LogP contribution in [0, 0.1) is 5.41 Å². The number of amides is 1. The Morgan fingerprint density at radius 3 is 2.16 bits per heavy atom. The lowest BCUT2D eigenvalue weighted by molar-refractivity contribution is -0.130. The van der Waals surface area contributed by atoms with Gasteiger partial charge in [-0.3, -0.25) is 14.8 Å². The highest BCUT2D eigenvalue weighted by atomic mass is 32.2. The number of carbonyl (C=O) groups is 2. The van der Waals surface area contributed by atoms with Crippen LogP contribution < -0.4 is 5.32 Å². The molecule has 0 bridgehead atoms. The first kappa shape index (κ1) is 14.8. The van der Waals surface area contributed by atoms with E-state index in [0.717, 1.165) is 12.1 Å². The molecule has 1 rings (SSSR count). The van der Waals surface area contributed by atoms with Gasteiger partial charge in [0.1, 0.15) is 5.71 Å². The Kier molecular flexibility index (Phi) is 4.35. The number of rotatable bonds is 5. The predicted molar refractivity (Wildman–Crippen MR) is 64.9 cm³/mol. The fourth-order valence-electron chi connectivity index (χ4n) is 1.15. The van der Waals surface area contributed by atoms with E-state index in [1.54, 1.807) is 0 Å². The lowest BCUT2D eigenvalue weighted by atomic mass is 10.2. The molecule has 0 heterocycles. The molecule has 0 radical (unpaired) electrons. The quantitative estimate of drug-likeness (QED) is 0.454. The van der Waals surface area contributed by atoms with E-state index in [1.807, 2.05) is 0 Å². The summed E-state index contributed by atoms with van der Waals surface area (Å²) in [5.41, 5.74) is -0.539. The number of carbonyl (C=O) groups excluding carboxylic acids is 1. The van der Waals surface area contributed by atoms with Crippen molar-refractivity contribution in [2.75, 3.05) is 5.32 Å². The molecule has 0 unspecified atom stereocenters. The van der Waals surface area contributed by atoms with Crippen molar-refractivity contribution in [3.63, 3.8) is 0 Å². The van der Waals surface area contributed by atoms with Crippen molar-refractivity contribution < 1.29 is 27.7 Å². The molecular weight excluding hydrogens is 276 g/mol. The Balaban J connectivity index is 2.71. The molecule has 102 valence electrons. The molecule has 19 heavy (non-hydrogen) atoms. The predicted octanol–water partition coefficient (Wildman–Crippen LogP) is 0.366. The largest absolute Gasteiger partial charge is 0.477 e. The van der Waals surface area contributed by atoms with Crippen molar-refractivity contribution in [1.82, 2.24) is 0 Å². The second-order valence-corrected chi connectivity index (χ2v) is 4.93. The second kappa shape index (κ2) is 5.59. The summed E-state index contributed by atoms with van der Waals surface area (Å²) in [6.07, 6.45) is -0.602. The minimum Gasteiger partial charge on any atom is -0.477 e. The Hall–Kier alpha value is -2.26. The molecule has 0 spiro atoms. The van der Waals surface area contributed by atoms with Crippen LogP contribution in [0.2, 0.25) is 0 Å². The zero-order valence-corrected chi connectivity index (χ0v) is 10.3. The van der Waals surface area contributed by atoms with Gasteiger partial charge in [-0.15, -0.1) is 0 Å². The molecule has 0 aliphatic carbocycles. The zero-order valence-electron chi connectivity index (χ0n) is 9.45. The van der Waals surface area contributed by atoms with E-state index in [-0.39, 0.29) is 10.6 Å². The van der Waals surface area contributed by atoms with Crippen molar-refractivity contribution in [3.8, 4) is 0 Å². The third-order valence-electron chi connectivity index (χ3n) is 2.03. The number of anilines is 1. The lowest BCUT2D eigenvalue weighted by Gasteiger charge is -2.05. The van der Waals surface area contributed by atoms with Crippen molar-refractivity contribution in [2.24, 2.45) is 0 Å². The normalized spacial score (nSPS) is 10.8. The first-order valence-electron chi connectivity index (χ1n) is 4.88. The van der Waals surface area contributed by atoms with Crippen molar-refractivity contribution in [3.05, 3.63) is 24.3 Å². The van der Waals surface area contributed by atoms with E-state index >= 15 is 0 Å². The molecule has 0 aliphatic rings. The van der Waals surface area contributed by atoms with Gasteiger partial charge in [0, 0.05) is 5.69 Å². The van der Waals surface area contributed by atoms with E-state index < -0.39 is 34.1 Å². The molecule has 1 aromatic rings. The highest BCUT2D eigenvalue weighted by molar-refractivity contribution is 7.85. The van der Waals surface area contributed by atoms with E-state index in [1.165, 1.54) is 12.1 Å². The Bertz CT molecular complexity index is 620. The maximum Gasteiger partial charge on any atom is 0.350 e. The topological polar surface area (TPSA) is 145 Å². The third kappa shape index (κ3) is 4.48. The van der Waals surface area contributed by atoms with Gasteiger partial charge in [0.2, 0.25) is 5.91 Å². The molecule has 1 amide bonds. The van der Waals surface area contributed by atoms with Gasteiger partial charge in [-0.2, -0.15) is 8.42 Å². The van der Waals surface area contributed by atoms with Crippen molar-refractivity contribution >= 4 is 33.4 Å². The highest BCUT2D eigenvalue weighted by Gasteiger charge is 2.13. The summed E-state index contributed by atoms with van der Waals surface area (Å²) in [5, 5.41) is 17.7. The Morgan fingerprint density at radius 2 is 1.74 bits per heavy atom. The summed E-state index contributed by atoms with van der Waals surface area (Å²) < 4.78 is 30.3. The highest BCUT2D eigenvalue weighted by Crippen LogP contribution is 2.13. The van der Waals surface area contributed by atoms with Crippen LogP contribution in [-0.2, 0) is 19.7 Å². The average molecular weight is 286 g/mol. The van der Waals surface area contributed by atoms with Crippen LogP contribution in [0.1, 0.15) is 6.42 Å². The number of carboxylic acids is 1. The standard InChI is InChI=1S/C10H10N2O6S/c11-8(10(14)15)5-9(13)12-6-1-3-7(4-2-6)19(16,17)18/h1-4,11H,5H2,(H,12,13)(H,14,15)(H,16,17,18). The average Bonchev–Trinajstić information content (AvgIpc) is 2.28. The molecule has 0 aromatic heterocycles. The number of carboxylic acid groups (broad SMARTS) is 1. The first-order chi connectivity index (χ1) is 8.70. The van der Waals surface area contributed by atoms with Gasteiger partial charge in [-0.25, -0.2) is 4.79 Å². The Morgan fingerprint density at radius 1 is 1.21 bits per heavy atom. The number of benzene rings is 1. The van der Waals surface area contributed by atoms with Gasteiger partial charge >= 0.3 is 5.97 Å². The fraction of sp³-hybridized carbons (Fsp3) is 0.100. The summed E-state index contributed by atoms with van der Waals surface area (Å²) in [6, 6.07) is 4.61. The van der Waals surface area contributed by atoms with E-state index in [4.69, 9.17) is 15.1 Å². The molecular formula is C10H10N2O6S. The van der Waals surface area contributed by atoms with Gasteiger partial charge in [0.15, 0.2) is 0 Å². The van der Waals surface area contributed by atoms with Crippen LogP contribution in [0.5, 0.6) is 0 Å². The van der Waals surface area contributed by atoms with E-state index in [0.29, 0.717) is 0 Å². The summed E-state index contributed by atoms with van der Waals surface area (Å²) in [4.78, 5) is 21.3. The first-order valence-corrected chi connectivity index (χ1v) is 6.32. The lowest BCUT2D eigenvalue weighted by Crippen LogP contribution is -2.21. The van der Waals surface area contributed by atoms with Gasteiger partial charge < -0.3 is 10.4 Å². The number of aliphatic carboxylic acids is 1. The molecule has 0 fully saturated rings. The molecule has 1 aromatic carbocycles. The molecule has 8 nitrogen and oxygen atoms in total. The van der Waals surface area contributed by atoms with E-state index in [9.17, 15) is 18.0 Å². The molecule has 0 aliphatic heterocycles. The molecule has 0 saturated carbocycles. The minimum atomic E-state index is -4.30. The summed E-state index contributed by atoms with van der Waals surface area (Å²) in [5.74, 6) is -2.20. The van der Waals surface area contributed by atoms with Gasteiger partial charge in [0.05, 0.1) is 11.3 Å². The molecule has 4 N–H and O–H groups in total. The van der Waals surface area contributed by atoms with Gasteiger partial charge in [0.25, 0.3) is 10.1 Å². The maximum absolute atomic E-state index is 11.3. The van der Waals surface area contributed by atoms with Crippen LogP contribution in [0.15, 0.2) is 29.2 Å². The van der Waals surface area contributed by atoms with E-state index in [2.05, 4.69) is 5.32 Å². The van der Waals surface area contributed by atoms with Crippen LogP contribution in [0.4, 0.5) is 5.69 Å². The zero-order chi connectivity index (χ0) is 14.6. The summed E-state index contributed by atoms with van der Waals surface area (Å²) in [6.45, 7) is 0. The SMILES string of the molecule is N=C(CC(=O)Nc1ccc(S(=O)(=O)O)cc1)C(=O)O. The summed E-state index contributed by atoms with van der Waals surface area (Å²) >= 11 is 0. The molecule has 9 heteroatoms.